The topological polar surface area (TPSA) is 43.8 Å². The molecule has 6 rings (SSSR count). The molecule has 0 radical (unpaired) electrons. The van der Waals surface area contributed by atoms with E-state index in [4.69, 9.17) is 0 Å². The molecule has 1 aromatic carbocycles. The van der Waals surface area contributed by atoms with Gasteiger partial charge in [0.05, 0.1) is 0 Å². The maximum Gasteiger partial charge on any atom is 0.408 e. The number of benzene rings is 1. The van der Waals surface area contributed by atoms with Crippen molar-refractivity contribution in [2.24, 2.45) is 11.8 Å². The summed E-state index contributed by atoms with van der Waals surface area (Å²) in [7, 11) is 0. The predicted molar refractivity (Wildman–Crippen MR) is 103 cm³/mol. The van der Waals surface area contributed by atoms with E-state index in [1.54, 1.807) is 16.2 Å². The fourth-order valence-corrected chi connectivity index (χ4v) is 6.46. The number of amides is 1. The van der Waals surface area contributed by atoms with Gasteiger partial charge >= 0.3 is 6.09 Å². The number of thiophene rings is 1. The van der Waals surface area contributed by atoms with E-state index in [-0.39, 0.29) is 0 Å². The van der Waals surface area contributed by atoms with Gasteiger partial charge in [0.1, 0.15) is 5.54 Å². The molecule has 4 nitrogen and oxygen atoms in total. The number of carbonyl (C=O) groups is 1. The van der Waals surface area contributed by atoms with E-state index >= 15 is 0 Å². The third-order valence-electron chi connectivity index (χ3n) is 6.84. The summed E-state index contributed by atoms with van der Waals surface area (Å²) < 4.78 is 0. The molecule has 4 aliphatic rings. The highest BCUT2D eigenvalue weighted by molar-refractivity contribution is 7.08. The van der Waals surface area contributed by atoms with Crippen molar-refractivity contribution in [1.82, 2.24) is 9.80 Å². The molecule has 2 unspecified atom stereocenters. The summed E-state index contributed by atoms with van der Waals surface area (Å²) in [6.45, 7) is 3.90. The van der Waals surface area contributed by atoms with E-state index in [2.05, 4.69) is 46.0 Å². The van der Waals surface area contributed by atoms with Gasteiger partial charge in [-0.05, 0) is 71.8 Å². The average Bonchev–Trinajstić information content (AvgIpc) is 3.22. The van der Waals surface area contributed by atoms with Crippen molar-refractivity contribution in [2.45, 2.75) is 24.8 Å². The predicted octanol–water partition coefficient (Wildman–Crippen LogP) is 3.87. The largest absolute Gasteiger partial charge is 0.465 e. The summed E-state index contributed by atoms with van der Waals surface area (Å²) in [6.07, 6.45) is 2.38. The van der Waals surface area contributed by atoms with Crippen LogP contribution in [0.15, 0.2) is 41.1 Å². The van der Waals surface area contributed by atoms with Crippen molar-refractivity contribution in [3.05, 3.63) is 57.8 Å². The minimum absolute atomic E-state index is 0.317. The van der Waals surface area contributed by atoms with Crippen LogP contribution in [0.2, 0.25) is 0 Å². The van der Waals surface area contributed by atoms with Crippen molar-refractivity contribution < 1.29 is 9.90 Å². The zero-order valence-corrected chi connectivity index (χ0v) is 15.6. The molecule has 1 aromatic heterocycles. The van der Waals surface area contributed by atoms with Crippen LogP contribution >= 0.6 is 11.3 Å². The molecular formula is C21H24N2O2S. The van der Waals surface area contributed by atoms with Crippen molar-refractivity contribution in [2.75, 3.05) is 26.2 Å². The Bertz CT molecular complexity index is 813. The molecule has 2 atom stereocenters. The number of carboxylic acid groups (broad SMARTS) is 1. The lowest BCUT2D eigenvalue weighted by atomic mass is 9.61. The first-order valence-electron chi connectivity index (χ1n) is 9.55. The van der Waals surface area contributed by atoms with Crippen molar-refractivity contribution in [3.63, 3.8) is 0 Å². The van der Waals surface area contributed by atoms with Gasteiger partial charge in [0.25, 0.3) is 0 Å². The second kappa shape index (κ2) is 6.10. The fourth-order valence-electron chi connectivity index (χ4n) is 5.76. The molecule has 4 aliphatic heterocycles. The minimum atomic E-state index is -0.790. The van der Waals surface area contributed by atoms with Crippen molar-refractivity contribution in [1.29, 1.82) is 0 Å². The Balaban J connectivity index is 1.78. The first-order valence-corrected chi connectivity index (χ1v) is 10.5. The maximum absolute atomic E-state index is 12.4. The van der Waals surface area contributed by atoms with Gasteiger partial charge in [-0.2, -0.15) is 11.3 Å². The maximum atomic E-state index is 12.4. The highest BCUT2D eigenvalue weighted by Crippen LogP contribution is 2.53. The molecule has 0 spiro atoms. The molecule has 0 saturated carbocycles. The molecule has 1 N–H and O–H groups in total. The number of rotatable bonds is 2. The summed E-state index contributed by atoms with van der Waals surface area (Å²) in [5, 5.41) is 14.5. The number of piperidine rings is 3. The van der Waals surface area contributed by atoms with Gasteiger partial charge in [-0.1, -0.05) is 24.3 Å². The Morgan fingerprint density at radius 1 is 1.15 bits per heavy atom. The number of hydrogen-bond acceptors (Lipinski definition) is 3. The van der Waals surface area contributed by atoms with Gasteiger partial charge < -0.3 is 10.0 Å². The first-order chi connectivity index (χ1) is 12.7. The number of fused-ring (bicyclic) bond motifs is 4. The summed E-state index contributed by atoms with van der Waals surface area (Å²) in [5.41, 5.74) is 3.14. The van der Waals surface area contributed by atoms with Crippen LogP contribution in [0, 0.1) is 11.8 Å². The quantitative estimate of drug-likeness (QED) is 0.875. The third kappa shape index (κ3) is 2.20. The first kappa shape index (κ1) is 16.3. The molecule has 0 aliphatic carbocycles. The molecule has 136 valence electrons. The normalized spacial score (nSPS) is 33.1. The van der Waals surface area contributed by atoms with Crippen molar-refractivity contribution in [3.8, 4) is 0 Å². The summed E-state index contributed by atoms with van der Waals surface area (Å²) in [4.78, 5) is 16.7. The van der Waals surface area contributed by atoms with E-state index in [9.17, 15) is 9.90 Å². The SMILES string of the molecule is O=C(O)N1CCc2ccccc2C1(c1ccsc1)C1CN2CCC1CC2. The fraction of sp³-hybridized carbons (Fsp3) is 0.476. The van der Waals surface area contributed by atoms with E-state index in [0.29, 0.717) is 18.4 Å². The second-order valence-electron chi connectivity index (χ2n) is 7.86. The van der Waals surface area contributed by atoms with Crippen LogP contribution in [0.5, 0.6) is 0 Å². The van der Waals surface area contributed by atoms with Crippen LogP contribution in [0.25, 0.3) is 0 Å². The van der Waals surface area contributed by atoms with Gasteiger partial charge in [0.15, 0.2) is 0 Å². The van der Waals surface area contributed by atoms with Crippen LogP contribution in [-0.2, 0) is 12.0 Å². The van der Waals surface area contributed by atoms with Crippen LogP contribution < -0.4 is 0 Å². The van der Waals surface area contributed by atoms with Crippen LogP contribution in [0.1, 0.15) is 29.5 Å². The van der Waals surface area contributed by atoms with Crippen molar-refractivity contribution >= 4 is 17.4 Å². The molecule has 5 heteroatoms. The Kier molecular flexibility index (Phi) is 3.83. The zero-order chi connectivity index (χ0) is 17.7. The smallest absolute Gasteiger partial charge is 0.408 e. The number of hydrogen-bond donors (Lipinski definition) is 1. The molecule has 2 bridgehead atoms. The van der Waals surface area contributed by atoms with Gasteiger partial charge in [-0.25, -0.2) is 4.79 Å². The van der Waals surface area contributed by atoms with E-state index in [0.717, 1.165) is 31.6 Å². The van der Waals surface area contributed by atoms with Gasteiger partial charge in [-0.15, -0.1) is 0 Å². The molecule has 3 saturated heterocycles. The Labute approximate surface area is 158 Å². The van der Waals surface area contributed by atoms with E-state index < -0.39 is 11.6 Å². The Morgan fingerprint density at radius 3 is 2.62 bits per heavy atom. The highest BCUT2D eigenvalue weighted by Gasteiger charge is 2.56. The lowest BCUT2D eigenvalue weighted by Crippen LogP contribution is -2.64. The average molecular weight is 369 g/mol. The molecule has 3 fully saturated rings. The molecule has 2 aromatic rings. The van der Waals surface area contributed by atoms with E-state index in [1.165, 1.54) is 24.0 Å². The monoisotopic (exact) mass is 368 g/mol. The second-order valence-corrected chi connectivity index (χ2v) is 8.64. The number of nitrogens with zero attached hydrogens (tertiary/aromatic N) is 2. The Morgan fingerprint density at radius 2 is 1.96 bits per heavy atom. The van der Waals surface area contributed by atoms with Crippen LogP contribution in [0.3, 0.4) is 0 Å². The lowest BCUT2D eigenvalue weighted by Gasteiger charge is -2.58. The summed E-state index contributed by atoms with van der Waals surface area (Å²) >= 11 is 1.67. The summed E-state index contributed by atoms with van der Waals surface area (Å²) in [5.74, 6) is 0.907. The third-order valence-corrected chi connectivity index (χ3v) is 7.53. The lowest BCUT2D eigenvalue weighted by molar-refractivity contribution is -0.0420. The van der Waals surface area contributed by atoms with Crippen LogP contribution in [0.4, 0.5) is 4.79 Å². The molecule has 26 heavy (non-hydrogen) atoms. The van der Waals surface area contributed by atoms with E-state index in [1.807, 2.05) is 0 Å². The van der Waals surface area contributed by atoms with Gasteiger partial charge in [0.2, 0.25) is 0 Å². The molecule has 5 heterocycles. The van der Waals surface area contributed by atoms with Crippen LogP contribution in [-0.4, -0.2) is 47.2 Å². The summed E-state index contributed by atoms with van der Waals surface area (Å²) in [6, 6.07) is 10.7. The Hall–Kier alpha value is -1.85. The molecular weight excluding hydrogens is 344 g/mol. The molecule has 1 amide bonds. The standard InChI is InChI=1S/C21H24N2O2S/c24-20(25)23-11-7-15-3-1-2-4-18(15)21(23,17-8-12-26-14-17)19-13-22-9-5-16(19)6-10-22/h1-4,8,12,14,16,19H,5-7,9-11,13H2,(H,24,25). The van der Waals surface area contributed by atoms with Gasteiger partial charge in [0, 0.05) is 19.0 Å². The highest BCUT2D eigenvalue weighted by atomic mass is 32.1. The van der Waals surface area contributed by atoms with Gasteiger partial charge in [-0.3, -0.25) is 4.90 Å². The minimum Gasteiger partial charge on any atom is -0.465 e. The zero-order valence-electron chi connectivity index (χ0n) is 14.8.